The first-order chi connectivity index (χ1) is 9.24. The van der Waals surface area contributed by atoms with E-state index < -0.39 is 10.0 Å². The minimum Gasteiger partial charge on any atom is -0.389 e. The summed E-state index contributed by atoms with van der Waals surface area (Å²) in [4.78, 5) is 12.1. The Morgan fingerprint density at radius 3 is 2.20 bits per heavy atom. The number of benzene rings is 1. The number of carbonyl (C=O) groups is 1. The molecule has 1 aromatic carbocycles. The van der Waals surface area contributed by atoms with Crippen LogP contribution in [0.3, 0.4) is 0 Å². The fourth-order valence-corrected chi connectivity index (χ4v) is 2.23. The summed E-state index contributed by atoms with van der Waals surface area (Å²) >= 11 is 4.81. The molecular formula is C12H17N3O3S2. The molecule has 0 aromatic heterocycles. The van der Waals surface area contributed by atoms with Gasteiger partial charge in [0.2, 0.25) is 10.0 Å². The summed E-state index contributed by atoms with van der Waals surface area (Å²) in [7, 11) is -0.409. The average Bonchev–Trinajstić information content (AvgIpc) is 2.38. The molecule has 0 saturated carbocycles. The lowest BCUT2D eigenvalue weighted by Crippen LogP contribution is -2.33. The van der Waals surface area contributed by atoms with Crippen molar-refractivity contribution in [3.05, 3.63) is 35.4 Å². The molecule has 20 heavy (non-hydrogen) atoms. The van der Waals surface area contributed by atoms with Crippen molar-refractivity contribution in [2.45, 2.75) is 0 Å². The number of rotatable bonds is 6. The Kier molecular flexibility index (Phi) is 5.61. The highest BCUT2D eigenvalue weighted by Crippen LogP contribution is 2.04. The van der Waals surface area contributed by atoms with Crippen molar-refractivity contribution < 1.29 is 13.2 Å². The maximum absolute atomic E-state index is 11.8. The molecular weight excluding hydrogens is 298 g/mol. The monoisotopic (exact) mass is 315 g/mol. The van der Waals surface area contributed by atoms with Crippen LogP contribution in [0.2, 0.25) is 0 Å². The molecule has 0 unspecified atom stereocenters. The SMILES string of the molecule is CN(C)S(=O)(=O)CCNC(=O)c1ccc(C(N)=S)cc1. The van der Waals surface area contributed by atoms with Gasteiger partial charge in [-0.1, -0.05) is 24.4 Å². The number of nitrogens with one attached hydrogen (secondary N) is 1. The second-order valence-corrected chi connectivity index (χ2v) is 7.04. The van der Waals surface area contributed by atoms with E-state index in [2.05, 4.69) is 5.32 Å². The molecule has 110 valence electrons. The third kappa shape index (κ3) is 4.55. The second-order valence-electron chi connectivity index (χ2n) is 4.30. The van der Waals surface area contributed by atoms with Crippen molar-refractivity contribution in [1.29, 1.82) is 0 Å². The molecule has 1 rings (SSSR count). The molecule has 0 radical (unpaired) electrons. The van der Waals surface area contributed by atoms with E-state index in [9.17, 15) is 13.2 Å². The summed E-state index contributed by atoms with van der Waals surface area (Å²) in [5.41, 5.74) is 6.55. The molecule has 0 heterocycles. The number of hydrogen-bond donors (Lipinski definition) is 2. The summed E-state index contributed by atoms with van der Waals surface area (Å²) in [6.45, 7) is 0.0520. The third-order valence-electron chi connectivity index (χ3n) is 2.63. The summed E-state index contributed by atoms with van der Waals surface area (Å²) in [6, 6.07) is 6.47. The van der Waals surface area contributed by atoms with Gasteiger partial charge in [0.1, 0.15) is 4.99 Å². The Hall–Kier alpha value is -1.51. The summed E-state index contributed by atoms with van der Waals surface area (Å²) in [6.07, 6.45) is 0. The lowest BCUT2D eigenvalue weighted by Gasteiger charge is -2.11. The first-order valence-electron chi connectivity index (χ1n) is 5.82. The van der Waals surface area contributed by atoms with Gasteiger partial charge in [-0.3, -0.25) is 4.79 Å². The van der Waals surface area contributed by atoms with Crippen molar-refractivity contribution in [3.8, 4) is 0 Å². The van der Waals surface area contributed by atoms with Gasteiger partial charge in [-0.2, -0.15) is 0 Å². The lowest BCUT2D eigenvalue weighted by molar-refractivity contribution is 0.0956. The Morgan fingerprint density at radius 2 is 1.75 bits per heavy atom. The smallest absolute Gasteiger partial charge is 0.251 e. The van der Waals surface area contributed by atoms with E-state index in [0.717, 1.165) is 4.31 Å². The zero-order valence-electron chi connectivity index (χ0n) is 11.3. The number of amides is 1. The zero-order chi connectivity index (χ0) is 15.3. The van der Waals surface area contributed by atoms with Crippen LogP contribution in [-0.2, 0) is 10.0 Å². The molecule has 0 saturated heterocycles. The molecule has 1 aromatic rings. The molecule has 0 fully saturated rings. The lowest BCUT2D eigenvalue weighted by atomic mass is 10.1. The largest absolute Gasteiger partial charge is 0.389 e. The molecule has 0 atom stereocenters. The first kappa shape index (κ1) is 16.5. The van der Waals surface area contributed by atoms with E-state index in [1.807, 2.05) is 0 Å². The van der Waals surface area contributed by atoms with E-state index in [4.69, 9.17) is 18.0 Å². The minimum atomic E-state index is -3.31. The van der Waals surface area contributed by atoms with E-state index in [1.165, 1.54) is 14.1 Å². The highest BCUT2D eigenvalue weighted by Gasteiger charge is 2.14. The molecule has 0 aliphatic carbocycles. The highest BCUT2D eigenvalue weighted by atomic mass is 32.2. The molecule has 0 bridgehead atoms. The van der Waals surface area contributed by atoms with Crippen LogP contribution in [0.15, 0.2) is 24.3 Å². The van der Waals surface area contributed by atoms with Gasteiger partial charge in [-0.25, -0.2) is 12.7 Å². The molecule has 1 amide bonds. The summed E-state index contributed by atoms with van der Waals surface area (Å²) in [5.74, 6) is -0.482. The van der Waals surface area contributed by atoms with E-state index >= 15 is 0 Å². The van der Waals surface area contributed by atoms with Crippen LogP contribution in [-0.4, -0.2) is 50.0 Å². The minimum absolute atomic E-state index is 0.0520. The van der Waals surface area contributed by atoms with Crippen LogP contribution >= 0.6 is 12.2 Å². The molecule has 0 aliphatic heterocycles. The van der Waals surface area contributed by atoms with E-state index in [0.29, 0.717) is 11.1 Å². The predicted molar refractivity (Wildman–Crippen MR) is 82.1 cm³/mol. The Bertz CT molecular complexity index is 595. The van der Waals surface area contributed by atoms with E-state index in [-0.39, 0.29) is 23.2 Å². The molecule has 3 N–H and O–H groups in total. The Labute approximate surface area is 124 Å². The van der Waals surface area contributed by atoms with Crippen LogP contribution in [0.1, 0.15) is 15.9 Å². The standard InChI is InChI=1S/C12H17N3O3S2/c1-15(2)20(17,18)8-7-14-12(16)10-5-3-9(4-6-10)11(13)19/h3-6H,7-8H2,1-2H3,(H2,13,19)(H,14,16). The quantitative estimate of drug-likeness (QED) is 0.718. The number of sulfonamides is 1. The number of hydrogen-bond acceptors (Lipinski definition) is 4. The van der Waals surface area contributed by atoms with Gasteiger partial charge in [-0.15, -0.1) is 0 Å². The van der Waals surface area contributed by atoms with Crippen molar-refractivity contribution in [1.82, 2.24) is 9.62 Å². The van der Waals surface area contributed by atoms with Gasteiger partial charge in [0.05, 0.1) is 5.75 Å². The number of thiocarbonyl (C=S) groups is 1. The third-order valence-corrected chi connectivity index (χ3v) is 4.70. The van der Waals surface area contributed by atoms with Gasteiger partial charge in [-0.05, 0) is 12.1 Å². The van der Waals surface area contributed by atoms with Crippen LogP contribution < -0.4 is 11.1 Å². The van der Waals surface area contributed by atoms with Crippen molar-refractivity contribution in [3.63, 3.8) is 0 Å². The fourth-order valence-electron chi connectivity index (χ4n) is 1.36. The number of nitrogens with two attached hydrogens (primary N) is 1. The van der Waals surface area contributed by atoms with Gasteiger partial charge in [0.25, 0.3) is 5.91 Å². The van der Waals surface area contributed by atoms with Crippen molar-refractivity contribution in [2.75, 3.05) is 26.4 Å². The van der Waals surface area contributed by atoms with Gasteiger partial charge < -0.3 is 11.1 Å². The normalized spacial score (nSPS) is 11.3. The summed E-state index contributed by atoms with van der Waals surface area (Å²) < 4.78 is 24.1. The molecule has 8 heteroatoms. The highest BCUT2D eigenvalue weighted by molar-refractivity contribution is 7.89. The van der Waals surface area contributed by atoms with Crippen LogP contribution in [0.5, 0.6) is 0 Å². The Morgan fingerprint density at radius 1 is 1.25 bits per heavy atom. The topological polar surface area (TPSA) is 92.5 Å². The van der Waals surface area contributed by atoms with Crippen LogP contribution in [0.25, 0.3) is 0 Å². The first-order valence-corrected chi connectivity index (χ1v) is 7.84. The van der Waals surface area contributed by atoms with E-state index in [1.54, 1.807) is 24.3 Å². The maximum Gasteiger partial charge on any atom is 0.251 e. The van der Waals surface area contributed by atoms with Crippen molar-refractivity contribution in [2.24, 2.45) is 5.73 Å². The van der Waals surface area contributed by atoms with Crippen LogP contribution in [0.4, 0.5) is 0 Å². The van der Waals surface area contributed by atoms with Gasteiger partial charge in [0, 0.05) is 31.8 Å². The fraction of sp³-hybridized carbons (Fsp3) is 0.333. The average molecular weight is 315 g/mol. The maximum atomic E-state index is 11.8. The summed E-state index contributed by atoms with van der Waals surface area (Å²) in [5, 5.41) is 2.55. The Balaban J connectivity index is 2.58. The van der Waals surface area contributed by atoms with Gasteiger partial charge in [0.15, 0.2) is 0 Å². The zero-order valence-corrected chi connectivity index (χ0v) is 12.9. The molecule has 0 spiro atoms. The van der Waals surface area contributed by atoms with Crippen molar-refractivity contribution >= 4 is 33.1 Å². The predicted octanol–water partition coefficient (Wildman–Crippen LogP) is -0.0580. The molecule has 6 nitrogen and oxygen atoms in total. The molecule has 0 aliphatic rings. The van der Waals surface area contributed by atoms with Gasteiger partial charge >= 0.3 is 0 Å². The number of nitrogens with zero attached hydrogens (tertiary/aromatic N) is 1. The van der Waals surface area contributed by atoms with Crippen LogP contribution in [0, 0.1) is 0 Å². The second kappa shape index (κ2) is 6.78. The number of carbonyl (C=O) groups excluding carboxylic acids is 1.